The number of nitrogens with one attached hydrogen (secondary N) is 1. The van der Waals surface area contributed by atoms with Gasteiger partial charge >= 0.3 is 0 Å². The Kier molecular flexibility index (Phi) is 5.51. The molecule has 2 aromatic heterocycles. The lowest BCUT2D eigenvalue weighted by molar-refractivity contribution is -0.123. The zero-order valence-electron chi connectivity index (χ0n) is 13.7. The van der Waals surface area contributed by atoms with Crippen molar-refractivity contribution in [1.82, 2.24) is 10.2 Å². The lowest BCUT2D eigenvalue weighted by atomic mass is 9.98. The van der Waals surface area contributed by atoms with Crippen molar-refractivity contribution in [2.45, 2.75) is 45.2 Å². The van der Waals surface area contributed by atoms with Crippen LogP contribution in [0.1, 0.15) is 48.0 Å². The zero-order valence-corrected chi connectivity index (χ0v) is 15.4. The number of rotatable bonds is 6. The first-order valence-electron chi connectivity index (χ1n) is 8.36. The minimum absolute atomic E-state index is 0.152. The van der Waals surface area contributed by atoms with Crippen molar-refractivity contribution in [2.75, 3.05) is 13.1 Å². The Balaban J connectivity index is 1.77. The van der Waals surface area contributed by atoms with E-state index in [-0.39, 0.29) is 11.9 Å². The van der Waals surface area contributed by atoms with Gasteiger partial charge in [-0.2, -0.15) is 0 Å². The molecule has 0 saturated carbocycles. The molecule has 1 aliphatic heterocycles. The standard InChI is InChI=1S/C18H24N2OS2/c1-3-13(4-2)19-17(21)12-20-9-7-15-14(8-11-23-15)18(20)16-6-5-10-22-16/h5-6,8,10-11,13,18H,3-4,7,9,12H2,1-2H3,(H,19,21)/t18-/m1/s1. The van der Waals surface area contributed by atoms with Crippen LogP contribution >= 0.6 is 22.7 Å². The van der Waals surface area contributed by atoms with Gasteiger partial charge in [0.2, 0.25) is 5.91 Å². The Labute approximate surface area is 146 Å². The molecule has 0 fully saturated rings. The third kappa shape index (κ3) is 3.67. The summed E-state index contributed by atoms with van der Waals surface area (Å²) in [5, 5.41) is 7.48. The molecule has 1 atom stereocenters. The van der Waals surface area contributed by atoms with Crippen LogP contribution in [0.15, 0.2) is 29.0 Å². The second-order valence-electron chi connectivity index (χ2n) is 6.02. The SMILES string of the molecule is CCC(CC)NC(=O)CN1CCc2sccc2[C@@H]1c1cccs1. The lowest BCUT2D eigenvalue weighted by Gasteiger charge is -2.35. The Hall–Kier alpha value is -1.17. The summed E-state index contributed by atoms with van der Waals surface area (Å²) >= 11 is 3.62. The number of carbonyl (C=O) groups excluding carboxylic acids is 1. The molecule has 0 spiro atoms. The van der Waals surface area contributed by atoms with Crippen molar-refractivity contribution < 1.29 is 4.79 Å². The normalized spacial score (nSPS) is 18.1. The van der Waals surface area contributed by atoms with Gasteiger partial charge in [-0.3, -0.25) is 9.69 Å². The fourth-order valence-corrected chi connectivity index (χ4v) is 5.05. The predicted molar refractivity (Wildman–Crippen MR) is 98.3 cm³/mol. The molecule has 1 aliphatic rings. The summed E-state index contributed by atoms with van der Waals surface area (Å²) in [5.41, 5.74) is 1.39. The number of carbonyl (C=O) groups is 1. The number of fused-ring (bicyclic) bond motifs is 1. The first kappa shape index (κ1) is 16.7. The average Bonchev–Trinajstić information content (AvgIpc) is 3.23. The van der Waals surface area contributed by atoms with Crippen molar-refractivity contribution in [3.63, 3.8) is 0 Å². The van der Waals surface area contributed by atoms with Gasteiger partial charge in [-0.05, 0) is 47.7 Å². The highest BCUT2D eigenvalue weighted by Crippen LogP contribution is 2.39. The molecule has 1 amide bonds. The van der Waals surface area contributed by atoms with Gasteiger partial charge in [-0.1, -0.05) is 19.9 Å². The average molecular weight is 349 g/mol. The number of nitrogens with zero attached hydrogens (tertiary/aromatic N) is 1. The molecular weight excluding hydrogens is 324 g/mol. The highest BCUT2D eigenvalue weighted by molar-refractivity contribution is 7.10. The van der Waals surface area contributed by atoms with Crippen molar-refractivity contribution in [3.8, 4) is 0 Å². The third-order valence-electron chi connectivity index (χ3n) is 4.58. The van der Waals surface area contributed by atoms with Crippen molar-refractivity contribution in [1.29, 1.82) is 0 Å². The van der Waals surface area contributed by atoms with E-state index in [9.17, 15) is 4.79 Å². The van der Waals surface area contributed by atoms with E-state index in [1.807, 2.05) is 11.3 Å². The maximum atomic E-state index is 12.5. The summed E-state index contributed by atoms with van der Waals surface area (Å²) < 4.78 is 0. The molecule has 0 aliphatic carbocycles. The van der Waals surface area contributed by atoms with Crippen molar-refractivity contribution in [3.05, 3.63) is 44.3 Å². The summed E-state index contributed by atoms with van der Waals surface area (Å²) in [7, 11) is 0. The summed E-state index contributed by atoms with van der Waals surface area (Å²) in [6.45, 7) is 5.68. The summed E-state index contributed by atoms with van der Waals surface area (Å²) in [6.07, 6.45) is 3.03. The Morgan fingerprint density at radius 1 is 1.30 bits per heavy atom. The van der Waals surface area contributed by atoms with Crippen molar-refractivity contribution >= 4 is 28.6 Å². The highest BCUT2D eigenvalue weighted by Gasteiger charge is 2.31. The summed E-state index contributed by atoms with van der Waals surface area (Å²) in [5.74, 6) is 0.152. The molecule has 3 heterocycles. The van der Waals surface area contributed by atoms with Crippen LogP contribution in [-0.2, 0) is 11.2 Å². The molecule has 124 valence electrons. The summed E-state index contributed by atoms with van der Waals surface area (Å²) in [6, 6.07) is 7.05. The Bertz CT molecular complexity index is 631. The second-order valence-corrected chi connectivity index (χ2v) is 8.00. The van der Waals surface area contributed by atoms with Crippen molar-refractivity contribution in [2.24, 2.45) is 0 Å². The smallest absolute Gasteiger partial charge is 0.234 e. The predicted octanol–water partition coefficient (Wildman–Crippen LogP) is 4.06. The van der Waals surface area contributed by atoms with E-state index in [1.165, 1.54) is 15.3 Å². The van der Waals surface area contributed by atoms with E-state index >= 15 is 0 Å². The zero-order chi connectivity index (χ0) is 16.2. The van der Waals surface area contributed by atoms with E-state index in [0.717, 1.165) is 25.8 Å². The van der Waals surface area contributed by atoms with Crippen LogP contribution in [0.5, 0.6) is 0 Å². The molecule has 0 saturated heterocycles. The fraction of sp³-hybridized carbons (Fsp3) is 0.500. The van der Waals surface area contributed by atoms with E-state index in [1.54, 1.807) is 11.3 Å². The molecule has 2 aromatic rings. The molecule has 0 unspecified atom stereocenters. The van der Waals surface area contributed by atoms with Gasteiger partial charge < -0.3 is 5.32 Å². The van der Waals surface area contributed by atoms with Gasteiger partial charge in [-0.25, -0.2) is 0 Å². The van der Waals surface area contributed by atoms with Gasteiger partial charge in [-0.15, -0.1) is 22.7 Å². The molecule has 1 N–H and O–H groups in total. The lowest BCUT2D eigenvalue weighted by Crippen LogP contribution is -2.45. The van der Waals surface area contributed by atoms with Gasteiger partial charge in [0.25, 0.3) is 0 Å². The Morgan fingerprint density at radius 2 is 2.13 bits per heavy atom. The molecule has 0 radical (unpaired) electrons. The van der Waals surface area contributed by atoms with E-state index < -0.39 is 0 Å². The van der Waals surface area contributed by atoms with Gasteiger partial charge in [0.05, 0.1) is 12.6 Å². The van der Waals surface area contributed by atoms with Gasteiger partial charge in [0, 0.05) is 22.3 Å². The van der Waals surface area contributed by atoms with Crippen LogP contribution in [0.4, 0.5) is 0 Å². The minimum Gasteiger partial charge on any atom is -0.352 e. The molecule has 3 rings (SSSR count). The number of hydrogen-bond acceptors (Lipinski definition) is 4. The molecular formula is C18H24N2OS2. The third-order valence-corrected chi connectivity index (χ3v) is 6.50. The topological polar surface area (TPSA) is 32.3 Å². The fourth-order valence-electron chi connectivity index (χ4n) is 3.27. The van der Waals surface area contributed by atoms with Crippen LogP contribution in [0, 0.1) is 0 Å². The van der Waals surface area contributed by atoms with E-state index in [0.29, 0.717) is 12.6 Å². The van der Waals surface area contributed by atoms with Crippen LogP contribution < -0.4 is 5.32 Å². The first-order valence-corrected chi connectivity index (χ1v) is 10.1. The van der Waals surface area contributed by atoms with Crippen LogP contribution in [0.25, 0.3) is 0 Å². The molecule has 23 heavy (non-hydrogen) atoms. The minimum atomic E-state index is 0.152. The molecule has 0 aromatic carbocycles. The second kappa shape index (κ2) is 7.60. The number of thiophene rings is 2. The highest BCUT2D eigenvalue weighted by atomic mass is 32.1. The van der Waals surface area contributed by atoms with Crippen LogP contribution in [0.2, 0.25) is 0 Å². The van der Waals surface area contributed by atoms with Gasteiger partial charge in [0.1, 0.15) is 0 Å². The maximum Gasteiger partial charge on any atom is 0.234 e. The number of amides is 1. The molecule has 5 heteroatoms. The van der Waals surface area contributed by atoms with E-state index in [2.05, 4.69) is 53.0 Å². The van der Waals surface area contributed by atoms with E-state index in [4.69, 9.17) is 0 Å². The molecule has 3 nitrogen and oxygen atoms in total. The van der Waals surface area contributed by atoms with Crippen LogP contribution in [0.3, 0.4) is 0 Å². The van der Waals surface area contributed by atoms with Crippen LogP contribution in [-0.4, -0.2) is 29.9 Å². The first-order chi connectivity index (χ1) is 11.2. The molecule has 0 bridgehead atoms. The number of hydrogen-bond donors (Lipinski definition) is 1. The largest absolute Gasteiger partial charge is 0.352 e. The maximum absolute atomic E-state index is 12.5. The quantitative estimate of drug-likeness (QED) is 0.854. The Morgan fingerprint density at radius 3 is 2.83 bits per heavy atom. The monoisotopic (exact) mass is 348 g/mol. The summed E-state index contributed by atoms with van der Waals surface area (Å²) in [4.78, 5) is 17.6. The van der Waals surface area contributed by atoms with Gasteiger partial charge in [0.15, 0.2) is 0 Å².